The van der Waals surface area contributed by atoms with E-state index in [1.54, 1.807) is 18.2 Å². The monoisotopic (exact) mass is 606 g/mol. The number of carbonyl (C=O) groups excluding carboxylic acids is 3. The molecule has 1 atom stereocenters. The van der Waals surface area contributed by atoms with Gasteiger partial charge in [0.25, 0.3) is 5.91 Å². The van der Waals surface area contributed by atoms with Crippen LogP contribution >= 0.6 is 11.3 Å². The first-order valence-corrected chi connectivity index (χ1v) is 15.4. The molecule has 0 saturated heterocycles. The summed E-state index contributed by atoms with van der Waals surface area (Å²) >= 11 is 0.883. The number of amides is 3. The van der Waals surface area contributed by atoms with E-state index >= 15 is 4.39 Å². The Kier molecular flexibility index (Phi) is 9.68. The minimum atomic E-state index is -4.12. The second kappa shape index (κ2) is 13.0. The number of aromatic nitrogens is 1. The molecular weight excluding hydrogens is 575 g/mol. The van der Waals surface area contributed by atoms with Crippen molar-refractivity contribution < 1.29 is 36.7 Å². The first kappa shape index (κ1) is 30.5. The van der Waals surface area contributed by atoms with Crippen LogP contribution in [0, 0.1) is 5.82 Å². The number of benzene rings is 2. The number of halogens is 1. The lowest BCUT2D eigenvalue weighted by atomic mass is 10.00. The van der Waals surface area contributed by atoms with Crippen LogP contribution in [0.1, 0.15) is 40.0 Å². The summed E-state index contributed by atoms with van der Waals surface area (Å²) in [5, 5.41) is 5.91. The van der Waals surface area contributed by atoms with Crippen LogP contribution in [-0.4, -0.2) is 76.4 Å². The van der Waals surface area contributed by atoms with Gasteiger partial charge in [0, 0.05) is 31.3 Å². The fraction of sp³-hybridized carbons (Fsp3) is 0.407. The molecule has 14 heteroatoms. The molecule has 0 radical (unpaired) electrons. The Balaban J connectivity index is 1.59. The average Bonchev–Trinajstić information content (AvgIpc) is 3.50. The standard InChI is InChI=1S/C27H31FN4O7S2/c1-15(2)39-7-6-29-23(33)14-31-26(35)24(41(36,37)9-8-38-3)27-32-21-11-19(20(28)12-22(21)40-27)16-4-5-18-17(10-16)13-30-25(18)34/h4-5,10-12,15,24H,6-9,13-14H2,1-3H3,(H,29,33)(H,30,34)(H,31,35). The molecule has 1 aromatic heterocycles. The number of sulfone groups is 1. The summed E-state index contributed by atoms with van der Waals surface area (Å²) in [6.07, 6.45) is -0.000548. The predicted octanol–water partition coefficient (Wildman–Crippen LogP) is 2.11. The Bertz CT molecular complexity index is 1570. The zero-order valence-electron chi connectivity index (χ0n) is 22.8. The molecule has 2 heterocycles. The van der Waals surface area contributed by atoms with Gasteiger partial charge in [0.1, 0.15) is 10.8 Å². The number of methoxy groups -OCH3 is 1. The molecule has 0 spiro atoms. The number of thiazole rings is 1. The van der Waals surface area contributed by atoms with Gasteiger partial charge in [0.15, 0.2) is 15.1 Å². The molecule has 3 N–H and O–H groups in total. The molecular formula is C27H31FN4O7S2. The van der Waals surface area contributed by atoms with Crippen LogP contribution in [0.15, 0.2) is 30.3 Å². The Morgan fingerprint density at radius 3 is 2.66 bits per heavy atom. The molecule has 1 aliphatic rings. The number of nitrogens with zero attached hydrogens (tertiary/aromatic N) is 1. The average molecular weight is 607 g/mol. The van der Waals surface area contributed by atoms with Gasteiger partial charge in [-0.3, -0.25) is 14.4 Å². The van der Waals surface area contributed by atoms with Crippen molar-refractivity contribution in [1.29, 1.82) is 0 Å². The van der Waals surface area contributed by atoms with Gasteiger partial charge < -0.3 is 25.4 Å². The normalized spacial score (nSPS) is 13.7. The molecule has 41 heavy (non-hydrogen) atoms. The quantitative estimate of drug-likeness (QED) is 0.250. The zero-order chi connectivity index (χ0) is 29.7. The lowest BCUT2D eigenvalue weighted by Gasteiger charge is -2.15. The highest BCUT2D eigenvalue weighted by Gasteiger charge is 2.37. The van der Waals surface area contributed by atoms with Gasteiger partial charge in [0.2, 0.25) is 11.8 Å². The Morgan fingerprint density at radius 1 is 1.15 bits per heavy atom. The number of rotatable bonds is 13. The molecule has 220 valence electrons. The van der Waals surface area contributed by atoms with Gasteiger partial charge in [0.05, 0.1) is 41.8 Å². The number of hydrogen-bond acceptors (Lipinski definition) is 9. The van der Waals surface area contributed by atoms with E-state index in [4.69, 9.17) is 9.47 Å². The summed E-state index contributed by atoms with van der Waals surface area (Å²) in [5.41, 5.74) is 2.32. The summed E-state index contributed by atoms with van der Waals surface area (Å²) in [5.74, 6) is -2.65. The largest absolute Gasteiger partial charge is 0.384 e. The first-order chi connectivity index (χ1) is 19.5. The fourth-order valence-electron chi connectivity index (χ4n) is 4.25. The lowest BCUT2D eigenvalue weighted by Crippen LogP contribution is -2.42. The Morgan fingerprint density at radius 2 is 1.93 bits per heavy atom. The van der Waals surface area contributed by atoms with E-state index in [1.165, 1.54) is 19.2 Å². The Hall–Kier alpha value is -3.46. The molecule has 4 rings (SSSR count). The van der Waals surface area contributed by atoms with Crippen LogP contribution in [-0.2, 0) is 35.4 Å². The van der Waals surface area contributed by atoms with Crippen LogP contribution in [0.5, 0.6) is 0 Å². The van der Waals surface area contributed by atoms with Crippen molar-refractivity contribution in [2.45, 2.75) is 31.7 Å². The van der Waals surface area contributed by atoms with Crippen LogP contribution in [0.25, 0.3) is 21.3 Å². The van der Waals surface area contributed by atoms with E-state index in [1.807, 2.05) is 13.8 Å². The maximum Gasteiger partial charge on any atom is 0.251 e. The molecule has 0 aliphatic carbocycles. The minimum Gasteiger partial charge on any atom is -0.384 e. The van der Waals surface area contributed by atoms with Crippen molar-refractivity contribution in [3.05, 3.63) is 52.3 Å². The maximum atomic E-state index is 15.2. The zero-order valence-corrected chi connectivity index (χ0v) is 24.4. The number of fused-ring (bicyclic) bond motifs is 2. The van der Waals surface area contributed by atoms with E-state index in [0.29, 0.717) is 27.9 Å². The van der Waals surface area contributed by atoms with Crippen LogP contribution in [0.4, 0.5) is 4.39 Å². The predicted molar refractivity (Wildman–Crippen MR) is 152 cm³/mol. The molecule has 3 aromatic rings. The fourth-order valence-corrected chi connectivity index (χ4v) is 7.20. The smallest absolute Gasteiger partial charge is 0.251 e. The second-order valence-electron chi connectivity index (χ2n) is 9.63. The molecule has 0 saturated carbocycles. The molecule has 11 nitrogen and oxygen atoms in total. The van der Waals surface area contributed by atoms with Crippen LogP contribution < -0.4 is 16.0 Å². The summed E-state index contributed by atoms with van der Waals surface area (Å²) in [7, 11) is -2.78. The van der Waals surface area contributed by atoms with E-state index in [0.717, 1.165) is 16.9 Å². The van der Waals surface area contributed by atoms with Crippen molar-refractivity contribution in [1.82, 2.24) is 20.9 Å². The van der Waals surface area contributed by atoms with E-state index in [-0.39, 0.29) is 42.3 Å². The Labute approximate surface area is 240 Å². The molecule has 1 unspecified atom stereocenters. The highest BCUT2D eigenvalue weighted by Crippen LogP contribution is 2.36. The molecule has 1 aliphatic heterocycles. The molecule has 0 bridgehead atoms. The van der Waals surface area contributed by atoms with Crippen molar-refractivity contribution in [3.8, 4) is 11.1 Å². The van der Waals surface area contributed by atoms with Crippen LogP contribution in [0.3, 0.4) is 0 Å². The van der Waals surface area contributed by atoms with E-state index in [2.05, 4.69) is 20.9 Å². The van der Waals surface area contributed by atoms with Gasteiger partial charge in [-0.1, -0.05) is 6.07 Å². The van der Waals surface area contributed by atoms with Gasteiger partial charge >= 0.3 is 0 Å². The molecule has 2 aromatic carbocycles. The summed E-state index contributed by atoms with van der Waals surface area (Å²) in [4.78, 5) is 41.6. The van der Waals surface area contributed by atoms with Gasteiger partial charge in [-0.2, -0.15) is 0 Å². The van der Waals surface area contributed by atoms with E-state index in [9.17, 15) is 22.8 Å². The third-order valence-electron chi connectivity index (χ3n) is 6.29. The third kappa shape index (κ3) is 7.25. The summed E-state index contributed by atoms with van der Waals surface area (Å²) in [6, 6.07) is 7.70. The van der Waals surface area contributed by atoms with Crippen molar-refractivity contribution in [2.75, 3.05) is 39.2 Å². The van der Waals surface area contributed by atoms with Crippen LogP contribution in [0.2, 0.25) is 0 Å². The maximum absolute atomic E-state index is 15.2. The van der Waals surface area contributed by atoms with Crippen molar-refractivity contribution >= 4 is 49.1 Å². The minimum absolute atomic E-state index is 0.000548. The first-order valence-electron chi connectivity index (χ1n) is 12.9. The SMILES string of the molecule is COCCS(=O)(=O)C(C(=O)NCC(=O)NCCOC(C)C)c1nc2cc(-c3ccc4c(c3)CNC4=O)c(F)cc2s1. The second-order valence-corrected chi connectivity index (χ2v) is 12.9. The number of hydrogen-bond donors (Lipinski definition) is 3. The molecule has 3 amide bonds. The third-order valence-corrected chi connectivity index (χ3v) is 9.41. The van der Waals surface area contributed by atoms with Gasteiger partial charge in [-0.15, -0.1) is 11.3 Å². The number of carbonyl (C=O) groups is 3. The topological polar surface area (TPSA) is 153 Å². The van der Waals surface area contributed by atoms with Crippen molar-refractivity contribution in [3.63, 3.8) is 0 Å². The number of nitrogens with one attached hydrogen (secondary N) is 3. The summed E-state index contributed by atoms with van der Waals surface area (Å²) in [6.45, 7) is 3.97. The summed E-state index contributed by atoms with van der Waals surface area (Å²) < 4.78 is 52.3. The van der Waals surface area contributed by atoms with Gasteiger partial charge in [-0.25, -0.2) is 17.8 Å². The number of ether oxygens (including phenoxy) is 2. The van der Waals surface area contributed by atoms with E-state index < -0.39 is 45.0 Å². The highest BCUT2D eigenvalue weighted by atomic mass is 32.2. The van der Waals surface area contributed by atoms with Crippen molar-refractivity contribution in [2.24, 2.45) is 0 Å². The van der Waals surface area contributed by atoms with Gasteiger partial charge in [-0.05, 0) is 49.2 Å². The lowest BCUT2D eigenvalue weighted by molar-refractivity contribution is -0.126. The highest BCUT2D eigenvalue weighted by molar-refractivity contribution is 7.92. The molecule has 0 fully saturated rings.